The van der Waals surface area contributed by atoms with Crippen molar-refractivity contribution in [3.63, 3.8) is 0 Å². The summed E-state index contributed by atoms with van der Waals surface area (Å²) < 4.78 is 5.65. The van der Waals surface area contributed by atoms with Crippen molar-refractivity contribution in [2.75, 3.05) is 26.7 Å². The number of likely N-dealkylation sites (tertiary alicyclic amines) is 1. The number of piperidine rings is 1. The second-order valence-corrected chi connectivity index (χ2v) is 8.94. The Bertz CT molecular complexity index is 1130. The van der Waals surface area contributed by atoms with E-state index < -0.39 is 0 Å². The molecule has 3 aromatic carbocycles. The van der Waals surface area contributed by atoms with E-state index in [1.165, 1.54) is 18.1 Å². The van der Waals surface area contributed by atoms with Crippen molar-refractivity contribution in [2.45, 2.75) is 31.8 Å². The fourth-order valence-corrected chi connectivity index (χ4v) is 4.74. The number of ether oxygens (including phenoxy) is 1. The summed E-state index contributed by atoms with van der Waals surface area (Å²) in [5.41, 5.74) is 4.63. The van der Waals surface area contributed by atoms with E-state index in [1.54, 1.807) is 7.11 Å². The maximum Gasteiger partial charge on any atom is 0.241 e. The van der Waals surface area contributed by atoms with Crippen molar-refractivity contribution in [1.29, 1.82) is 0 Å². The number of methoxy groups -OCH3 is 1. The zero-order valence-corrected chi connectivity index (χ0v) is 20.4. The molecule has 0 aromatic heterocycles. The minimum atomic E-state index is -0.193. The summed E-state index contributed by atoms with van der Waals surface area (Å²) in [5, 5.41) is 6.39. The molecule has 2 N–H and O–H groups in total. The van der Waals surface area contributed by atoms with E-state index in [2.05, 4.69) is 47.0 Å². The predicted octanol–water partition coefficient (Wildman–Crippen LogP) is 3.97. The summed E-state index contributed by atoms with van der Waals surface area (Å²) in [5.74, 6) is 0.767. The number of hydrogen-bond acceptors (Lipinski definition) is 4. The number of nitrogens with zero attached hydrogens (tertiary/aromatic N) is 1. The molecule has 35 heavy (non-hydrogen) atoms. The second-order valence-electron chi connectivity index (χ2n) is 8.94. The zero-order chi connectivity index (χ0) is 24.6. The Balaban J connectivity index is 1.51. The van der Waals surface area contributed by atoms with Gasteiger partial charge in [-0.05, 0) is 35.2 Å². The van der Waals surface area contributed by atoms with Crippen LogP contribution < -0.4 is 15.4 Å². The lowest BCUT2D eigenvalue weighted by Gasteiger charge is -2.39. The van der Waals surface area contributed by atoms with Gasteiger partial charge in [-0.15, -0.1) is 0 Å². The first kappa shape index (κ1) is 24.5. The van der Waals surface area contributed by atoms with Gasteiger partial charge in [-0.25, -0.2) is 0 Å². The van der Waals surface area contributed by atoms with Crippen LogP contribution in [0.5, 0.6) is 5.75 Å². The first-order valence-electron chi connectivity index (χ1n) is 12.1. The Hall–Kier alpha value is -3.64. The van der Waals surface area contributed by atoms with Crippen LogP contribution in [0.2, 0.25) is 0 Å². The summed E-state index contributed by atoms with van der Waals surface area (Å²) in [7, 11) is 1.70. The summed E-state index contributed by atoms with van der Waals surface area (Å²) in [4.78, 5) is 25.8. The van der Waals surface area contributed by atoms with Gasteiger partial charge in [-0.2, -0.15) is 0 Å². The molecule has 0 saturated carbocycles. The van der Waals surface area contributed by atoms with E-state index in [1.807, 2.05) is 47.4 Å². The van der Waals surface area contributed by atoms with Crippen LogP contribution in [0.15, 0.2) is 78.9 Å². The number of hydrogen-bond donors (Lipinski definition) is 2. The third kappa shape index (κ3) is 6.28. The first-order valence-corrected chi connectivity index (χ1v) is 12.1. The molecule has 0 radical (unpaired) electrons. The Morgan fingerprint density at radius 3 is 2.37 bits per heavy atom. The average Bonchev–Trinajstić information content (AvgIpc) is 2.91. The average molecular weight is 472 g/mol. The summed E-state index contributed by atoms with van der Waals surface area (Å²) in [6.07, 6.45) is 0.825. The van der Waals surface area contributed by atoms with E-state index in [9.17, 15) is 9.59 Å². The standard InChI is InChI=1S/C29H33N3O3/c1-21(33)30-19-29(34)32-16-15-27(26(20-32)23-11-7-4-8-12-23)31-18-25-17-24(13-14-28(25)35-2)22-9-5-3-6-10-22/h3-14,17,26-27,31H,15-16,18-20H2,1-2H3,(H,30,33). The van der Waals surface area contributed by atoms with Crippen molar-refractivity contribution in [3.05, 3.63) is 90.0 Å². The molecule has 1 aliphatic rings. The maximum absolute atomic E-state index is 12.7. The Morgan fingerprint density at radius 2 is 1.69 bits per heavy atom. The largest absolute Gasteiger partial charge is 0.496 e. The van der Waals surface area contributed by atoms with E-state index >= 15 is 0 Å². The lowest BCUT2D eigenvalue weighted by atomic mass is 9.85. The highest BCUT2D eigenvalue weighted by molar-refractivity contribution is 5.83. The van der Waals surface area contributed by atoms with E-state index in [4.69, 9.17) is 4.74 Å². The van der Waals surface area contributed by atoms with Crippen LogP contribution in [0.4, 0.5) is 0 Å². The fourth-order valence-electron chi connectivity index (χ4n) is 4.74. The fraction of sp³-hybridized carbons (Fsp3) is 0.310. The molecule has 6 nitrogen and oxygen atoms in total. The lowest BCUT2D eigenvalue weighted by Crippen LogP contribution is -2.51. The van der Waals surface area contributed by atoms with Crippen LogP contribution in [0, 0.1) is 0 Å². The smallest absolute Gasteiger partial charge is 0.241 e. The third-order valence-corrected chi connectivity index (χ3v) is 6.62. The highest BCUT2D eigenvalue weighted by Gasteiger charge is 2.32. The molecule has 4 rings (SSSR count). The number of benzene rings is 3. The molecule has 0 bridgehead atoms. The Kier molecular flexibility index (Phi) is 8.16. The molecule has 2 atom stereocenters. The molecule has 1 aliphatic heterocycles. The van der Waals surface area contributed by atoms with Crippen molar-refractivity contribution in [1.82, 2.24) is 15.5 Å². The molecule has 3 aromatic rings. The molecule has 1 fully saturated rings. The van der Waals surface area contributed by atoms with Gasteiger partial charge in [-0.1, -0.05) is 66.7 Å². The molecule has 0 aliphatic carbocycles. The molecule has 0 spiro atoms. The molecule has 2 unspecified atom stereocenters. The number of rotatable bonds is 8. The maximum atomic E-state index is 12.7. The van der Waals surface area contributed by atoms with Crippen LogP contribution >= 0.6 is 0 Å². The van der Waals surface area contributed by atoms with Crippen molar-refractivity contribution in [3.8, 4) is 16.9 Å². The number of nitrogens with one attached hydrogen (secondary N) is 2. The molecule has 182 valence electrons. The van der Waals surface area contributed by atoms with Gasteiger partial charge in [0, 0.05) is 44.1 Å². The minimum Gasteiger partial charge on any atom is -0.496 e. The first-order chi connectivity index (χ1) is 17.0. The predicted molar refractivity (Wildman–Crippen MR) is 138 cm³/mol. The molecule has 1 heterocycles. The van der Waals surface area contributed by atoms with Gasteiger partial charge in [0.25, 0.3) is 0 Å². The van der Waals surface area contributed by atoms with Crippen LogP contribution in [0.3, 0.4) is 0 Å². The van der Waals surface area contributed by atoms with Crippen LogP contribution in [-0.2, 0) is 16.1 Å². The van der Waals surface area contributed by atoms with Crippen LogP contribution in [-0.4, -0.2) is 49.5 Å². The Labute approximate surface area is 207 Å². The number of amides is 2. The summed E-state index contributed by atoms with van der Waals surface area (Å²) >= 11 is 0. The number of carbonyl (C=O) groups is 2. The van der Waals surface area contributed by atoms with Crippen molar-refractivity contribution < 1.29 is 14.3 Å². The van der Waals surface area contributed by atoms with E-state index in [-0.39, 0.29) is 30.3 Å². The molecule has 2 amide bonds. The van der Waals surface area contributed by atoms with Gasteiger partial charge >= 0.3 is 0 Å². The molecular formula is C29H33N3O3. The lowest BCUT2D eigenvalue weighted by molar-refractivity contribution is -0.133. The van der Waals surface area contributed by atoms with Gasteiger partial charge < -0.3 is 20.3 Å². The summed E-state index contributed by atoms with van der Waals surface area (Å²) in [6.45, 7) is 3.40. The van der Waals surface area contributed by atoms with Gasteiger partial charge in [0.1, 0.15) is 5.75 Å². The second kappa shape index (κ2) is 11.7. The minimum absolute atomic E-state index is 0.0401. The van der Waals surface area contributed by atoms with Gasteiger partial charge in [0.2, 0.25) is 11.8 Å². The van der Waals surface area contributed by atoms with Gasteiger partial charge in [0.05, 0.1) is 13.7 Å². The zero-order valence-electron chi connectivity index (χ0n) is 20.4. The quantitative estimate of drug-likeness (QED) is 0.522. The third-order valence-electron chi connectivity index (χ3n) is 6.62. The number of carbonyl (C=O) groups excluding carboxylic acids is 2. The SMILES string of the molecule is COc1ccc(-c2ccccc2)cc1CNC1CCN(C(=O)CNC(C)=O)CC1c1ccccc1. The highest BCUT2D eigenvalue weighted by atomic mass is 16.5. The van der Waals surface area contributed by atoms with Crippen LogP contribution in [0.1, 0.15) is 30.4 Å². The van der Waals surface area contributed by atoms with Gasteiger partial charge in [0.15, 0.2) is 0 Å². The van der Waals surface area contributed by atoms with Crippen LogP contribution in [0.25, 0.3) is 11.1 Å². The van der Waals surface area contributed by atoms with E-state index in [0.29, 0.717) is 19.6 Å². The van der Waals surface area contributed by atoms with Crippen molar-refractivity contribution in [2.24, 2.45) is 0 Å². The van der Waals surface area contributed by atoms with E-state index in [0.717, 1.165) is 23.3 Å². The topological polar surface area (TPSA) is 70.7 Å². The molecule has 6 heteroatoms. The monoisotopic (exact) mass is 471 g/mol. The highest BCUT2D eigenvalue weighted by Crippen LogP contribution is 2.30. The normalized spacial score (nSPS) is 17.6. The van der Waals surface area contributed by atoms with Crippen molar-refractivity contribution >= 4 is 11.8 Å². The Morgan fingerprint density at radius 1 is 0.971 bits per heavy atom. The van der Waals surface area contributed by atoms with Gasteiger partial charge in [-0.3, -0.25) is 9.59 Å². The summed E-state index contributed by atoms with van der Waals surface area (Å²) in [6, 6.07) is 27.2. The molecular weight excluding hydrogens is 438 g/mol. The molecule has 1 saturated heterocycles.